The average Bonchev–Trinajstić information content (AvgIpc) is 2.39. The molecule has 2 heterocycles. The van der Waals surface area contributed by atoms with Crippen LogP contribution >= 0.6 is 15.9 Å². The maximum atomic E-state index is 11.9. The monoisotopic (exact) mass is 321 g/mol. The van der Waals surface area contributed by atoms with Crippen LogP contribution in [0.2, 0.25) is 0 Å². The van der Waals surface area contributed by atoms with E-state index in [0.29, 0.717) is 10.2 Å². The molecule has 0 atom stereocenters. The molecular formula is C12H8BrN3O3. The maximum Gasteiger partial charge on any atom is 0.354 e. The van der Waals surface area contributed by atoms with Crippen molar-refractivity contribution < 1.29 is 14.7 Å². The highest BCUT2D eigenvalue weighted by molar-refractivity contribution is 9.10. The Balaban J connectivity index is 2.22. The standard InChI is InChI=1S/C12H8BrN3O3/c13-10-7(3-2-6-14-10)11(17)16-9-5-1-4-8(15-9)12(18)19/h1-6H,(H,18,19)(H,15,16,17). The molecule has 0 saturated carbocycles. The van der Waals surface area contributed by atoms with Gasteiger partial charge in [-0.25, -0.2) is 14.8 Å². The molecule has 6 nitrogen and oxygen atoms in total. The van der Waals surface area contributed by atoms with Gasteiger partial charge in [0.25, 0.3) is 5.91 Å². The molecule has 0 aliphatic heterocycles. The molecule has 1 amide bonds. The second kappa shape index (κ2) is 5.57. The summed E-state index contributed by atoms with van der Waals surface area (Å²) in [6, 6.07) is 7.57. The zero-order chi connectivity index (χ0) is 13.8. The molecule has 7 heteroatoms. The quantitative estimate of drug-likeness (QED) is 0.845. The molecular weight excluding hydrogens is 314 g/mol. The summed E-state index contributed by atoms with van der Waals surface area (Å²) in [6.45, 7) is 0. The van der Waals surface area contributed by atoms with Crippen molar-refractivity contribution in [3.63, 3.8) is 0 Å². The Morgan fingerprint density at radius 2 is 2.00 bits per heavy atom. The van der Waals surface area contributed by atoms with Gasteiger partial charge in [0, 0.05) is 6.20 Å². The molecule has 0 unspecified atom stereocenters. The van der Waals surface area contributed by atoms with Gasteiger partial charge in [-0.1, -0.05) is 6.07 Å². The van der Waals surface area contributed by atoms with Crippen LogP contribution in [0.25, 0.3) is 0 Å². The van der Waals surface area contributed by atoms with E-state index in [4.69, 9.17) is 5.11 Å². The third-order valence-corrected chi connectivity index (χ3v) is 2.85. The number of carbonyl (C=O) groups is 2. The van der Waals surface area contributed by atoms with Crippen molar-refractivity contribution in [2.24, 2.45) is 0 Å². The van der Waals surface area contributed by atoms with Crippen LogP contribution in [0.5, 0.6) is 0 Å². The Morgan fingerprint density at radius 1 is 1.21 bits per heavy atom. The van der Waals surface area contributed by atoms with Gasteiger partial charge in [-0.3, -0.25) is 4.79 Å². The van der Waals surface area contributed by atoms with E-state index < -0.39 is 11.9 Å². The van der Waals surface area contributed by atoms with Gasteiger partial charge < -0.3 is 10.4 Å². The van der Waals surface area contributed by atoms with Crippen LogP contribution in [-0.2, 0) is 0 Å². The van der Waals surface area contributed by atoms with Crippen molar-refractivity contribution in [2.75, 3.05) is 5.32 Å². The van der Waals surface area contributed by atoms with Crippen LogP contribution in [0.3, 0.4) is 0 Å². The van der Waals surface area contributed by atoms with E-state index in [0.717, 1.165) is 0 Å². The van der Waals surface area contributed by atoms with E-state index in [1.807, 2.05) is 0 Å². The number of carboxylic acid groups (broad SMARTS) is 1. The number of nitrogens with zero attached hydrogens (tertiary/aromatic N) is 2. The molecule has 19 heavy (non-hydrogen) atoms. The van der Waals surface area contributed by atoms with Crippen LogP contribution in [0.4, 0.5) is 5.82 Å². The third-order valence-electron chi connectivity index (χ3n) is 2.21. The lowest BCUT2D eigenvalue weighted by Crippen LogP contribution is -2.15. The van der Waals surface area contributed by atoms with Crippen molar-refractivity contribution >= 4 is 33.6 Å². The van der Waals surface area contributed by atoms with Crippen LogP contribution < -0.4 is 5.32 Å². The van der Waals surface area contributed by atoms with Crippen LogP contribution in [0, 0.1) is 0 Å². The normalized spacial score (nSPS) is 9.95. The van der Waals surface area contributed by atoms with Crippen LogP contribution in [0.15, 0.2) is 41.1 Å². The van der Waals surface area contributed by atoms with E-state index in [9.17, 15) is 9.59 Å². The van der Waals surface area contributed by atoms with E-state index in [1.54, 1.807) is 18.3 Å². The summed E-state index contributed by atoms with van der Waals surface area (Å²) in [5, 5.41) is 11.3. The van der Waals surface area contributed by atoms with Gasteiger partial charge in [-0.15, -0.1) is 0 Å². The first kappa shape index (κ1) is 13.2. The Kier molecular flexibility index (Phi) is 3.86. The summed E-state index contributed by atoms with van der Waals surface area (Å²) >= 11 is 3.16. The largest absolute Gasteiger partial charge is 0.477 e. The van der Waals surface area contributed by atoms with Gasteiger partial charge in [0.1, 0.15) is 10.4 Å². The smallest absolute Gasteiger partial charge is 0.354 e. The first-order valence-corrected chi connectivity index (χ1v) is 5.99. The number of anilines is 1. The van der Waals surface area contributed by atoms with Gasteiger partial charge in [0.15, 0.2) is 5.69 Å². The number of aromatic nitrogens is 2. The molecule has 0 spiro atoms. The minimum atomic E-state index is -1.15. The van der Waals surface area contributed by atoms with E-state index in [-0.39, 0.29) is 11.5 Å². The number of nitrogens with one attached hydrogen (secondary N) is 1. The first-order chi connectivity index (χ1) is 9.08. The molecule has 2 aromatic heterocycles. The van der Waals surface area contributed by atoms with Crippen molar-refractivity contribution in [3.8, 4) is 0 Å². The lowest BCUT2D eigenvalue weighted by atomic mass is 10.2. The molecule has 0 aliphatic carbocycles. The fourth-order valence-corrected chi connectivity index (χ4v) is 1.79. The summed E-state index contributed by atoms with van der Waals surface area (Å²) in [5.74, 6) is -1.41. The highest BCUT2D eigenvalue weighted by Gasteiger charge is 2.12. The lowest BCUT2D eigenvalue weighted by molar-refractivity contribution is 0.0690. The topological polar surface area (TPSA) is 92.2 Å². The first-order valence-electron chi connectivity index (χ1n) is 5.20. The molecule has 2 N–H and O–H groups in total. The highest BCUT2D eigenvalue weighted by atomic mass is 79.9. The fraction of sp³-hybridized carbons (Fsp3) is 0. The second-order valence-electron chi connectivity index (χ2n) is 3.51. The van der Waals surface area contributed by atoms with Crippen molar-refractivity contribution in [1.82, 2.24) is 9.97 Å². The maximum absolute atomic E-state index is 11.9. The Labute approximate surface area is 116 Å². The SMILES string of the molecule is O=C(O)c1cccc(NC(=O)c2cccnc2Br)n1. The van der Waals surface area contributed by atoms with E-state index >= 15 is 0 Å². The molecule has 0 bridgehead atoms. The van der Waals surface area contributed by atoms with Gasteiger partial charge in [0.2, 0.25) is 0 Å². The lowest BCUT2D eigenvalue weighted by Gasteiger charge is -2.05. The van der Waals surface area contributed by atoms with Crippen molar-refractivity contribution in [2.45, 2.75) is 0 Å². The van der Waals surface area contributed by atoms with E-state index in [1.165, 1.54) is 18.2 Å². The summed E-state index contributed by atoms with van der Waals surface area (Å²) < 4.78 is 0.405. The molecule has 0 saturated heterocycles. The van der Waals surface area contributed by atoms with Crippen LogP contribution in [0.1, 0.15) is 20.8 Å². The highest BCUT2D eigenvalue weighted by Crippen LogP contribution is 2.14. The van der Waals surface area contributed by atoms with Gasteiger partial charge >= 0.3 is 5.97 Å². The zero-order valence-corrected chi connectivity index (χ0v) is 11.1. The van der Waals surface area contributed by atoms with Crippen molar-refractivity contribution in [1.29, 1.82) is 0 Å². The molecule has 0 aromatic carbocycles. The summed E-state index contributed by atoms with van der Waals surface area (Å²) in [6.07, 6.45) is 1.55. The second-order valence-corrected chi connectivity index (χ2v) is 4.26. The number of halogens is 1. The molecule has 0 fully saturated rings. The minimum absolute atomic E-state index is 0.136. The average molecular weight is 322 g/mol. The summed E-state index contributed by atoms with van der Waals surface area (Å²) in [4.78, 5) is 30.4. The summed E-state index contributed by atoms with van der Waals surface area (Å²) in [5.41, 5.74) is 0.202. The minimum Gasteiger partial charge on any atom is -0.477 e. The third kappa shape index (κ3) is 3.14. The molecule has 96 valence electrons. The fourth-order valence-electron chi connectivity index (χ4n) is 1.36. The number of carboxylic acids is 1. The number of aromatic carboxylic acids is 1. The Hall–Kier alpha value is -2.28. The number of pyridine rings is 2. The van der Waals surface area contributed by atoms with Gasteiger partial charge in [0.05, 0.1) is 5.56 Å². The predicted molar refractivity (Wildman–Crippen MR) is 71.1 cm³/mol. The zero-order valence-electron chi connectivity index (χ0n) is 9.50. The molecule has 2 rings (SSSR count). The number of rotatable bonds is 3. The van der Waals surface area contributed by atoms with E-state index in [2.05, 4.69) is 31.2 Å². The molecule has 2 aromatic rings. The number of hydrogen-bond acceptors (Lipinski definition) is 4. The Bertz CT molecular complexity index is 646. The summed E-state index contributed by atoms with van der Waals surface area (Å²) in [7, 11) is 0. The number of amides is 1. The molecule has 0 radical (unpaired) electrons. The van der Waals surface area contributed by atoms with Crippen LogP contribution in [-0.4, -0.2) is 27.0 Å². The van der Waals surface area contributed by atoms with Crippen molar-refractivity contribution in [3.05, 3.63) is 52.4 Å². The molecule has 0 aliphatic rings. The number of hydrogen-bond donors (Lipinski definition) is 2. The Morgan fingerprint density at radius 3 is 2.68 bits per heavy atom. The number of carbonyl (C=O) groups excluding carboxylic acids is 1. The van der Waals surface area contributed by atoms with Gasteiger partial charge in [-0.2, -0.15) is 0 Å². The van der Waals surface area contributed by atoms with Gasteiger partial charge in [-0.05, 0) is 40.2 Å². The predicted octanol–water partition coefficient (Wildman–Crippen LogP) is 2.19.